The van der Waals surface area contributed by atoms with Crippen LogP contribution < -0.4 is 4.90 Å². The summed E-state index contributed by atoms with van der Waals surface area (Å²) in [4.78, 5) is 14.8. The quantitative estimate of drug-likeness (QED) is 0.721. The third-order valence-electron chi connectivity index (χ3n) is 5.59. The van der Waals surface area contributed by atoms with Crippen molar-refractivity contribution < 1.29 is 8.42 Å². The van der Waals surface area contributed by atoms with E-state index < -0.39 is 10.0 Å². The normalized spacial score (nSPS) is 17.4. The number of nitrogens with zero attached hydrogens (tertiary/aromatic N) is 4. The van der Waals surface area contributed by atoms with Gasteiger partial charge in [0.15, 0.2) is 0 Å². The van der Waals surface area contributed by atoms with Crippen LogP contribution in [0.2, 0.25) is 0 Å². The van der Waals surface area contributed by atoms with Gasteiger partial charge in [-0.1, -0.05) is 6.08 Å². The summed E-state index contributed by atoms with van der Waals surface area (Å²) in [7, 11) is -1.12. The number of anilines is 1. The van der Waals surface area contributed by atoms with Crippen molar-refractivity contribution in [1.29, 1.82) is 0 Å². The SMILES string of the molecule is CN1Cc2c(C3=CCN(S(C)(=O)=O)CC3)[nH]c3nccc(c23)-c2cccnc21. The fourth-order valence-corrected chi connectivity index (χ4v) is 5.01. The Morgan fingerprint density at radius 2 is 2.00 bits per heavy atom. The van der Waals surface area contributed by atoms with Crippen molar-refractivity contribution in [3.8, 4) is 11.1 Å². The average Bonchev–Trinajstić information content (AvgIpc) is 2.99. The molecule has 0 spiro atoms. The molecule has 5 rings (SSSR count). The molecule has 0 atom stereocenters. The summed E-state index contributed by atoms with van der Waals surface area (Å²) < 4.78 is 25.2. The van der Waals surface area contributed by atoms with Crippen LogP contribution in [0.15, 0.2) is 36.7 Å². The van der Waals surface area contributed by atoms with E-state index in [4.69, 9.17) is 0 Å². The number of rotatable bonds is 2. The molecule has 28 heavy (non-hydrogen) atoms. The van der Waals surface area contributed by atoms with Gasteiger partial charge in [0.25, 0.3) is 0 Å². The topological polar surface area (TPSA) is 82.2 Å². The first-order valence-electron chi connectivity index (χ1n) is 9.24. The highest BCUT2D eigenvalue weighted by Gasteiger charge is 2.27. The maximum Gasteiger partial charge on any atom is 0.211 e. The monoisotopic (exact) mass is 395 g/mol. The van der Waals surface area contributed by atoms with Crippen LogP contribution in [0.3, 0.4) is 0 Å². The van der Waals surface area contributed by atoms with Gasteiger partial charge in [0, 0.05) is 61.3 Å². The molecule has 1 N–H and O–H groups in total. The Morgan fingerprint density at radius 3 is 2.75 bits per heavy atom. The molecule has 7 nitrogen and oxygen atoms in total. The van der Waals surface area contributed by atoms with Crippen LogP contribution in [0.4, 0.5) is 5.82 Å². The van der Waals surface area contributed by atoms with Gasteiger partial charge < -0.3 is 9.88 Å². The summed E-state index contributed by atoms with van der Waals surface area (Å²) in [5.74, 6) is 0.957. The fourth-order valence-electron chi connectivity index (χ4n) is 4.24. The summed E-state index contributed by atoms with van der Waals surface area (Å²) in [5.41, 5.74) is 6.48. The Labute approximate surface area is 163 Å². The Kier molecular flexibility index (Phi) is 3.82. The highest BCUT2D eigenvalue weighted by atomic mass is 32.2. The second-order valence-electron chi connectivity index (χ2n) is 7.39. The molecule has 0 unspecified atom stereocenters. The lowest BCUT2D eigenvalue weighted by atomic mass is 9.98. The number of sulfonamides is 1. The standard InChI is InChI=1S/C20H21N5O2S/c1-24-12-16-17-14(15-4-3-8-22-20(15)24)5-9-21-19(17)23-18(16)13-6-10-25(11-7-13)28(2,26)27/h3-6,8-9H,7,10-12H2,1-2H3,(H,21,23). The Bertz CT molecular complexity index is 1230. The lowest BCUT2D eigenvalue weighted by molar-refractivity contribution is 0.445. The Hall–Kier alpha value is -2.71. The molecule has 0 saturated heterocycles. The van der Waals surface area contributed by atoms with E-state index in [-0.39, 0.29) is 0 Å². The molecule has 0 bridgehead atoms. The van der Waals surface area contributed by atoms with Crippen LogP contribution in [0.25, 0.3) is 27.7 Å². The molecule has 2 aliphatic rings. The van der Waals surface area contributed by atoms with Crippen molar-refractivity contribution in [3.05, 3.63) is 47.9 Å². The largest absolute Gasteiger partial charge is 0.355 e. The number of pyridine rings is 2. The van der Waals surface area contributed by atoms with Crippen LogP contribution >= 0.6 is 0 Å². The predicted molar refractivity (Wildman–Crippen MR) is 110 cm³/mol. The molecule has 0 fully saturated rings. The maximum absolute atomic E-state index is 11.8. The highest BCUT2D eigenvalue weighted by molar-refractivity contribution is 7.88. The van der Waals surface area contributed by atoms with E-state index in [1.54, 1.807) is 0 Å². The minimum Gasteiger partial charge on any atom is -0.355 e. The van der Waals surface area contributed by atoms with E-state index in [9.17, 15) is 8.42 Å². The van der Waals surface area contributed by atoms with E-state index in [2.05, 4.69) is 25.9 Å². The van der Waals surface area contributed by atoms with Crippen molar-refractivity contribution in [2.45, 2.75) is 13.0 Å². The van der Waals surface area contributed by atoms with Gasteiger partial charge in [-0.3, -0.25) is 0 Å². The van der Waals surface area contributed by atoms with Gasteiger partial charge >= 0.3 is 0 Å². The van der Waals surface area contributed by atoms with Gasteiger partial charge in [-0.05, 0) is 35.8 Å². The number of nitrogens with one attached hydrogen (secondary N) is 1. The molecule has 5 heterocycles. The van der Waals surface area contributed by atoms with Crippen molar-refractivity contribution in [2.75, 3.05) is 31.3 Å². The smallest absolute Gasteiger partial charge is 0.211 e. The van der Waals surface area contributed by atoms with Crippen LogP contribution in [-0.2, 0) is 16.6 Å². The summed E-state index contributed by atoms with van der Waals surface area (Å²) in [6.45, 7) is 1.61. The molecule has 0 radical (unpaired) electrons. The van der Waals surface area contributed by atoms with Gasteiger partial charge in [0.1, 0.15) is 11.5 Å². The van der Waals surface area contributed by atoms with Crippen molar-refractivity contribution >= 4 is 32.4 Å². The number of hydrogen-bond donors (Lipinski definition) is 1. The van der Waals surface area contributed by atoms with Crippen LogP contribution in [-0.4, -0.2) is 54.1 Å². The number of aromatic nitrogens is 3. The second kappa shape index (κ2) is 6.15. The summed E-state index contributed by atoms with van der Waals surface area (Å²) in [6.07, 6.45) is 7.60. The Balaban J connectivity index is 1.68. The fraction of sp³-hybridized carbons (Fsp3) is 0.300. The van der Waals surface area contributed by atoms with E-state index in [1.807, 2.05) is 37.7 Å². The zero-order valence-corrected chi connectivity index (χ0v) is 16.6. The lowest BCUT2D eigenvalue weighted by Gasteiger charge is -2.25. The molecule has 3 aromatic heterocycles. The minimum absolute atomic E-state index is 0.404. The van der Waals surface area contributed by atoms with Crippen molar-refractivity contribution in [3.63, 3.8) is 0 Å². The van der Waals surface area contributed by atoms with E-state index >= 15 is 0 Å². The van der Waals surface area contributed by atoms with E-state index in [0.29, 0.717) is 26.1 Å². The van der Waals surface area contributed by atoms with Gasteiger partial charge in [0.2, 0.25) is 10.0 Å². The number of H-pyrrole nitrogens is 1. The summed E-state index contributed by atoms with van der Waals surface area (Å²) >= 11 is 0. The van der Waals surface area contributed by atoms with Crippen LogP contribution in [0.1, 0.15) is 17.7 Å². The number of aromatic amines is 1. The average molecular weight is 395 g/mol. The minimum atomic E-state index is -3.17. The molecule has 8 heteroatoms. The third kappa shape index (κ3) is 2.63. The maximum atomic E-state index is 11.8. The molecule has 2 aliphatic heterocycles. The van der Waals surface area contributed by atoms with Crippen LogP contribution in [0.5, 0.6) is 0 Å². The first-order chi connectivity index (χ1) is 13.4. The molecule has 0 amide bonds. The van der Waals surface area contributed by atoms with Crippen molar-refractivity contribution in [1.82, 2.24) is 19.3 Å². The third-order valence-corrected chi connectivity index (χ3v) is 6.86. The lowest BCUT2D eigenvalue weighted by Crippen LogP contribution is -2.33. The summed E-state index contributed by atoms with van der Waals surface area (Å²) in [6, 6.07) is 6.10. The molecule has 3 aromatic rings. The highest BCUT2D eigenvalue weighted by Crippen LogP contribution is 2.42. The molecule has 0 aromatic carbocycles. The molecular formula is C20H21N5O2S. The van der Waals surface area contributed by atoms with Gasteiger partial charge in [0.05, 0.1) is 6.26 Å². The van der Waals surface area contributed by atoms with Gasteiger partial charge in [-0.2, -0.15) is 4.31 Å². The molecule has 144 valence electrons. The van der Waals surface area contributed by atoms with Gasteiger partial charge in [-0.15, -0.1) is 0 Å². The number of hydrogen-bond acceptors (Lipinski definition) is 5. The molecular weight excluding hydrogens is 374 g/mol. The predicted octanol–water partition coefficient (Wildman–Crippen LogP) is 2.62. The van der Waals surface area contributed by atoms with Gasteiger partial charge in [-0.25, -0.2) is 18.4 Å². The van der Waals surface area contributed by atoms with Crippen molar-refractivity contribution in [2.24, 2.45) is 0 Å². The summed E-state index contributed by atoms with van der Waals surface area (Å²) in [5, 5.41) is 1.13. The molecule has 0 aliphatic carbocycles. The second-order valence-corrected chi connectivity index (χ2v) is 9.37. The zero-order chi connectivity index (χ0) is 19.5. The molecule has 0 saturated carbocycles. The van der Waals surface area contributed by atoms with E-state index in [1.165, 1.54) is 16.1 Å². The van der Waals surface area contributed by atoms with E-state index in [0.717, 1.165) is 39.2 Å². The first-order valence-corrected chi connectivity index (χ1v) is 11.1. The van der Waals surface area contributed by atoms with Crippen LogP contribution in [0, 0.1) is 0 Å². The zero-order valence-electron chi connectivity index (χ0n) is 15.8. The number of fused-ring (bicyclic) bond motifs is 2. The first kappa shape index (κ1) is 17.4. The Morgan fingerprint density at radius 1 is 1.14 bits per heavy atom.